The van der Waals surface area contributed by atoms with E-state index in [9.17, 15) is 21.6 Å². The molecule has 192 valence electrons. The average Bonchev–Trinajstić information content (AvgIpc) is 2.81. The van der Waals surface area contributed by atoms with Crippen LogP contribution in [0, 0.1) is 0 Å². The third-order valence-corrected chi connectivity index (χ3v) is 8.21. The van der Waals surface area contributed by atoms with Gasteiger partial charge in [-0.25, -0.2) is 21.1 Å². The van der Waals surface area contributed by atoms with Gasteiger partial charge in [0.25, 0.3) is 0 Å². The number of amides is 1. The van der Waals surface area contributed by atoms with Gasteiger partial charge in [0, 0.05) is 20.2 Å². The molecule has 0 fully saturated rings. The highest BCUT2D eigenvalue weighted by Crippen LogP contribution is 2.35. The molecule has 0 bridgehead atoms. The first kappa shape index (κ1) is 26.6. The molecule has 0 saturated heterocycles. The highest BCUT2D eigenvalue weighted by Gasteiger charge is 2.30. The molecular formula is C22H29N3O8S2. The lowest BCUT2D eigenvalue weighted by molar-refractivity contribution is -0.121. The molecule has 2 aromatic carbocycles. The molecule has 3 rings (SSSR count). The minimum absolute atomic E-state index is 0.0983. The van der Waals surface area contributed by atoms with Crippen molar-refractivity contribution in [3.8, 4) is 17.2 Å². The number of nitrogens with one attached hydrogen (secondary N) is 1. The average molecular weight is 528 g/mol. The van der Waals surface area contributed by atoms with Crippen molar-refractivity contribution >= 4 is 31.6 Å². The van der Waals surface area contributed by atoms with E-state index >= 15 is 0 Å². The van der Waals surface area contributed by atoms with E-state index in [1.54, 1.807) is 12.1 Å². The first-order chi connectivity index (χ1) is 16.4. The summed E-state index contributed by atoms with van der Waals surface area (Å²) in [6.45, 7) is 2.45. The molecular weight excluding hydrogens is 498 g/mol. The van der Waals surface area contributed by atoms with Gasteiger partial charge in [0.1, 0.15) is 31.6 Å². The van der Waals surface area contributed by atoms with Gasteiger partial charge >= 0.3 is 0 Å². The van der Waals surface area contributed by atoms with Crippen LogP contribution in [0.5, 0.6) is 17.2 Å². The van der Waals surface area contributed by atoms with E-state index in [1.165, 1.54) is 51.4 Å². The number of carbonyl (C=O) groups excluding carboxylic acids is 1. The Morgan fingerprint density at radius 3 is 2.26 bits per heavy atom. The Morgan fingerprint density at radius 1 is 1.03 bits per heavy atom. The lowest BCUT2D eigenvalue weighted by atomic mass is 10.2. The van der Waals surface area contributed by atoms with Gasteiger partial charge in [0.2, 0.25) is 26.0 Å². The second-order valence-electron chi connectivity index (χ2n) is 7.96. The van der Waals surface area contributed by atoms with Gasteiger partial charge in [0.15, 0.2) is 11.5 Å². The molecule has 0 radical (unpaired) electrons. The fourth-order valence-electron chi connectivity index (χ4n) is 3.39. The Morgan fingerprint density at radius 2 is 1.66 bits per heavy atom. The molecule has 0 unspecified atom stereocenters. The normalized spacial score (nSPS) is 14.3. The van der Waals surface area contributed by atoms with Crippen LogP contribution >= 0.6 is 0 Å². The first-order valence-corrected chi connectivity index (χ1v) is 14.0. The number of benzene rings is 2. The summed E-state index contributed by atoms with van der Waals surface area (Å²) in [6, 6.07) is 9.57. The largest absolute Gasteiger partial charge is 0.492 e. The fraction of sp³-hybridized carbons (Fsp3) is 0.409. The molecule has 0 spiro atoms. The molecule has 35 heavy (non-hydrogen) atoms. The van der Waals surface area contributed by atoms with Gasteiger partial charge in [0.05, 0.1) is 23.4 Å². The summed E-state index contributed by atoms with van der Waals surface area (Å²) < 4.78 is 67.9. The summed E-state index contributed by atoms with van der Waals surface area (Å²) >= 11 is 0. The number of sulfonamides is 2. The van der Waals surface area contributed by atoms with Gasteiger partial charge in [-0.15, -0.1) is 0 Å². The fourth-order valence-corrected chi connectivity index (χ4v) is 5.46. The predicted molar refractivity (Wildman–Crippen MR) is 130 cm³/mol. The molecule has 1 N–H and O–H groups in total. The minimum atomic E-state index is -3.79. The van der Waals surface area contributed by atoms with Crippen molar-refractivity contribution in [3.05, 3.63) is 42.5 Å². The Kier molecular flexibility index (Phi) is 8.13. The van der Waals surface area contributed by atoms with Gasteiger partial charge < -0.3 is 19.5 Å². The molecule has 13 heteroatoms. The van der Waals surface area contributed by atoms with Crippen LogP contribution in [-0.4, -0.2) is 79.8 Å². The first-order valence-electron chi connectivity index (χ1n) is 10.7. The van der Waals surface area contributed by atoms with Gasteiger partial charge in [-0.2, -0.15) is 0 Å². The van der Waals surface area contributed by atoms with Crippen LogP contribution in [-0.2, 0) is 24.8 Å². The molecule has 1 aliphatic rings. The molecule has 11 nitrogen and oxygen atoms in total. The predicted octanol–water partition coefficient (Wildman–Crippen LogP) is 1.06. The standard InChI is InChI=1S/C22H29N3O8S2/c1-16(25(34(4,27)28)17-5-10-20-21(15-17)33-14-13-32-20)22(26)23-11-12-31-18-6-8-19(9-7-18)35(29,30)24(2)3/h5-10,15-16H,11-14H2,1-4H3,(H,23,26)/t16-/m0/s1. The number of nitrogens with zero attached hydrogens (tertiary/aromatic N) is 2. The number of carbonyl (C=O) groups is 1. The highest BCUT2D eigenvalue weighted by atomic mass is 32.2. The van der Waals surface area contributed by atoms with Crippen LogP contribution in [0.2, 0.25) is 0 Å². The Bertz CT molecular complexity index is 1260. The van der Waals surface area contributed by atoms with Crippen molar-refractivity contribution in [1.29, 1.82) is 0 Å². The van der Waals surface area contributed by atoms with Gasteiger partial charge in [-0.05, 0) is 43.3 Å². The molecule has 1 heterocycles. The molecule has 0 aromatic heterocycles. The summed E-state index contributed by atoms with van der Waals surface area (Å²) in [7, 11) is -4.44. The van der Waals surface area contributed by atoms with E-state index in [0.29, 0.717) is 30.5 Å². The van der Waals surface area contributed by atoms with Gasteiger partial charge in [-0.3, -0.25) is 9.10 Å². The number of fused-ring (bicyclic) bond motifs is 1. The van der Waals surface area contributed by atoms with E-state index < -0.39 is 32.0 Å². The number of hydrogen-bond acceptors (Lipinski definition) is 8. The minimum Gasteiger partial charge on any atom is -0.492 e. The van der Waals surface area contributed by atoms with Crippen LogP contribution < -0.4 is 23.8 Å². The van der Waals surface area contributed by atoms with E-state index in [0.717, 1.165) is 14.9 Å². The highest BCUT2D eigenvalue weighted by molar-refractivity contribution is 7.92. The van der Waals surface area contributed by atoms with E-state index in [1.807, 2.05) is 0 Å². The SMILES string of the molecule is C[C@@H](C(=O)NCCOc1ccc(S(=O)(=O)N(C)C)cc1)N(c1ccc2c(c1)OCCO2)S(C)(=O)=O. The van der Waals surface area contributed by atoms with E-state index in [4.69, 9.17) is 14.2 Å². The number of hydrogen-bond donors (Lipinski definition) is 1. The maximum Gasteiger partial charge on any atom is 0.243 e. The maximum atomic E-state index is 12.7. The summed E-state index contributed by atoms with van der Waals surface area (Å²) in [5, 5.41) is 2.66. The molecule has 0 saturated carbocycles. The van der Waals surface area contributed by atoms with Crippen molar-refractivity contribution in [1.82, 2.24) is 9.62 Å². The van der Waals surface area contributed by atoms with Crippen LogP contribution in [0.15, 0.2) is 47.4 Å². The van der Waals surface area contributed by atoms with Crippen molar-refractivity contribution in [2.24, 2.45) is 0 Å². The van der Waals surface area contributed by atoms with E-state index in [-0.39, 0.29) is 23.7 Å². The number of rotatable bonds is 10. The van der Waals surface area contributed by atoms with Crippen LogP contribution in [0.25, 0.3) is 0 Å². The third kappa shape index (κ3) is 6.35. The summed E-state index contributed by atoms with van der Waals surface area (Å²) in [4.78, 5) is 12.9. The van der Waals surface area contributed by atoms with Crippen LogP contribution in [0.4, 0.5) is 5.69 Å². The summed E-state index contributed by atoms with van der Waals surface area (Å²) in [5.74, 6) is 0.836. The quantitative estimate of drug-likeness (QED) is 0.454. The van der Waals surface area contributed by atoms with Crippen LogP contribution in [0.3, 0.4) is 0 Å². The summed E-state index contributed by atoms with van der Waals surface area (Å²) in [5.41, 5.74) is 0.281. The molecule has 1 amide bonds. The Labute approximate surface area is 205 Å². The Balaban J connectivity index is 1.59. The topological polar surface area (TPSA) is 132 Å². The Hall–Kier alpha value is -3.03. The molecule has 0 aliphatic carbocycles. The van der Waals surface area contributed by atoms with Crippen LogP contribution in [0.1, 0.15) is 6.92 Å². The van der Waals surface area contributed by atoms with Crippen molar-refractivity contribution in [2.45, 2.75) is 17.9 Å². The molecule has 1 aliphatic heterocycles. The summed E-state index contributed by atoms with van der Waals surface area (Å²) in [6.07, 6.45) is 1.02. The number of anilines is 1. The zero-order valence-electron chi connectivity index (χ0n) is 19.9. The number of ether oxygens (including phenoxy) is 3. The zero-order valence-corrected chi connectivity index (χ0v) is 21.6. The lowest BCUT2D eigenvalue weighted by Gasteiger charge is -2.29. The maximum absolute atomic E-state index is 12.7. The monoisotopic (exact) mass is 527 g/mol. The van der Waals surface area contributed by atoms with Crippen molar-refractivity contribution < 1.29 is 35.8 Å². The zero-order chi connectivity index (χ0) is 25.8. The smallest absolute Gasteiger partial charge is 0.243 e. The second kappa shape index (κ2) is 10.7. The van der Waals surface area contributed by atoms with Gasteiger partial charge in [-0.1, -0.05) is 0 Å². The molecule has 1 atom stereocenters. The third-order valence-electron chi connectivity index (χ3n) is 5.14. The molecule has 2 aromatic rings. The van der Waals surface area contributed by atoms with Crippen molar-refractivity contribution in [3.63, 3.8) is 0 Å². The second-order valence-corrected chi connectivity index (χ2v) is 12.0. The van der Waals surface area contributed by atoms with Crippen molar-refractivity contribution in [2.75, 3.05) is 51.0 Å². The lowest BCUT2D eigenvalue weighted by Crippen LogP contribution is -2.48. The van der Waals surface area contributed by atoms with E-state index in [2.05, 4.69) is 5.32 Å².